The second-order valence-corrected chi connectivity index (χ2v) is 6.11. The Morgan fingerprint density at radius 3 is 2.59 bits per heavy atom. The standard InChI is InChI=1S/C14H26N2O/c1-11-5-3-7-13(9-11)15-14(17)16-8-4-6-12(2)10-16/h11-13H,3-10H2,1-2H3,(H,15,17). The molecule has 0 radical (unpaired) electrons. The van der Waals surface area contributed by atoms with Crippen LogP contribution in [0.3, 0.4) is 0 Å². The van der Waals surface area contributed by atoms with Crippen molar-refractivity contribution in [3.05, 3.63) is 0 Å². The van der Waals surface area contributed by atoms with Crippen LogP contribution in [-0.2, 0) is 0 Å². The molecule has 0 spiro atoms. The molecule has 3 atom stereocenters. The number of carbonyl (C=O) groups is 1. The highest BCUT2D eigenvalue weighted by molar-refractivity contribution is 5.74. The van der Waals surface area contributed by atoms with Crippen molar-refractivity contribution in [2.75, 3.05) is 13.1 Å². The van der Waals surface area contributed by atoms with E-state index in [0.29, 0.717) is 12.0 Å². The summed E-state index contributed by atoms with van der Waals surface area (Å²) in [6.07, 6.45) is 7.35. The van der Waals surface area contributed by atoms with Gasteiger partial charge in [-0.2, -0.15) is 0 Å². The predicted molar refractivity (Wildman–Crippen MR) is 69.9 cm³/mol. The van der Waals surface area contributed by atoms with E-state index in [-0.39, 0.29) is 6.03 Å². The Morgan fingerprint density at radius 2 is 1.88 bits per heavy atom. The largest absolute Gasteiger partial charge is 0.335 e. The molecule has 2 rings (SSSR count). The highest BCUT2D eigenvalue weighted by Crippen LogP contribution is 2.24. The van der Waals surface area contributed by atoms with Gasteiger partial charge in [-0.25, -0.2) is 4.79 Å². The summed E-state index contributed by atoms with van der Waals surface area (Å²) in [6.45, 7) is 6.41. The van der Waals surface area contributed by atoms with Crippen molar-refractivity contribution in [3.63, 3.8) is 0 Å². The number of piperidine rings is 1. The van der Waals surface area contributed by atoms with E-state index in [4.69, 9.17) is 0 Å². The number of likely N-dealkylation sites (tertiary alicyclic amines) is 1. The average molecular weight is 238 g/mol. The van der Waals surface area contributed by atoms with E-state index in [2.05, 4.69) is 19.2 Å². The lowest BCUT2D eigenvalue weighted by Crippen LogP contribution is -2.49. The zero-order valence-corrected chi connectivity index (χ0v) is 11.2. The molecule has 1 saturated carbocycles. The molecule has 2 fully saturated rings. The van der Waals surface area contributed by atoms with Crippen LogP contribution in [0.25, 0.3) is 0 Å². The van der Waals surface area contributed by atoms with E-state index >= 15 is 0 Å². The summed E-state index contributed by atoms with van der Waals surface area (Å²) >= 11 is 0. The molecule has 1 aliphatic carbocycles. The highest BCUT2D eigenvalue weighted by Gasteiger charge is 2.25. The number of hydrogen-bond acceptors (Lipinski definition) is 1. The third-order valence-corrected chi connectivity index (χ3v) is 4.21. The Balaban J connectivity index is 1.79. The van der Waals surface area contributed by atoms with Crippen molar-refractivity contribution in [3.8, 4) is 0 Å². The molecule has 3 heteroatoms. The van der Waals surface area contributed by atoms with Crippen LogP contribution < -0.4 is 5.32 Å². The smallest absolute Gasteiger partial charge is 0.317 e. The monoisotopic (exact) mass is 238 g/mol. The van der Waals surface area contributed by atoms with Crippen LogP contribution >= 0.6 is 0 Å². The fraction of sp³-hybridized carbons (Fsp3) is 0.929. The van der Waals surface area contributed by atoms with Crippen LogP contribution in [0.2, 0.25) is 0 Å². The molecule has 98 valence electrons. The quantitative estimate of drug-likeness (QED) is 0.748. The molecular weight excluding hydrogens is 212 g/mol. The maximum atomic E-state index is 12.1. The van der Waals surface area contributed by atoms with Crippen molar-refractivity contribution < 1.29 is 4.79 Å². The molecule has 2 amide bonds. The van der Waals surface area contributed by atoms with E-state index in [0.717, 1.165) is 31.8 Å². The van der Waals surface area contributed by atoms with Crippen LogP contribution in [-0.4, -0.2) is 30.1 Å². The van der Waals surface area contributed by atoms with Crippen molar-refractivity contribution in [1.29, 1.82) is 0 Å². The fourth-order valence-corrected chi connectivity index (χ4v) is 3.20. The summed E-state index contributed by atoms with van der Waals surface area (Å²) in [7, 11) is 0. The predicted octanol–water partition coefficient (Wildman–Crippen LogP) is 3.01. The number of urea groups is 1. The number of carbonyl (C=O) groups excluding carboxylic acids is 1. The molecular formula is C14H26N2O. The minimum atomic E-state index is 0.177. The van der Waals surface area contributed by atoms with Crippen LogP contribution in [0.5, 0.6) is 0 Å². The maximum absolute atomic E-state index is 12.1. The summed E-state index contributed by atoms with van der Waals surface area (Å²) in [6, 6.07) is 0.596. The third kappa shape index (κ3) is 3.62. The van der Waals surface area contributed by atoms with Crippen LogP contribution in [0, 0.1) is 11.8 Å². The zero-order chi connectivity index (χ0) is 12.3. The van der Waals surface area contributed by atoms with Crippen molar-refractivity contribution in [2.45, 2.75) is 58.4 Å². The first-order valence-electron chi connectivity index (χ1n) is 7.20. The molecule has 3 unspecified atom stereocenters. The van der Waals surface area contributed by atoms with Gasteiger partial charge in [-0.05, 0) is 37.5 Å². The van der Waals surface area contributed by atoms with Gasteiger partial charge in [-0.15, -0.1) is 0 Å². The highest BCUT2D eigenvalue weighted by atomic mass is 16.2. The van der Waals surface area contributed by atoms with Gasteiger partial charge in [0.2, 0.25) is 0 Å². The van der Waals surface area contributed by atoms with Gasteiger partial charge < -0.3 is 10.2 Å². The van der Waals surface area contributed by atoms with Gasteiger partial charge in [-0.1, -0.05) is 26.7 Å². The molecule has 1 N–H and O–H groups in total. The van der Waals surface area contributed by atoms with Crippen molar-refractivity contribution >= 4 is 6.03 Å². The first-order chi connectivity index (χ1) is 8.15. The average Bonchev–Trinajstić information content (AvgIpc) is 2.29. The Kier molecular flexibility index (Phi) is 4.30. The Hall–Kier alpha value is -0.730. The second-order valence-electron chi connectivity index (χ2n) is 6.11. The molecule has 1 aliphatic heterocycles. The number of nitrogens with zero attached hydrogens (tertiary/aromatic N) is 1. The topological polar surface area (TPSA) is 32.3 Å². The van der Waals surface area contributed by atoms with E-state index in [1.54, 1.807) is 0 Å². The minimum Gasteiger partial charge on any atom is -0.335 e. The summed E-state index contributed by atoms with van der Waals surface area (Å²) in [5, 5.41) is 3.23. The summed E-state index contributed by atoms with van der Waals surface area (Å²) in [4.78, 5) is 14.1. The lowest BCUT2D eigenvalue weighted by atomic mass is 9.87. The molecule has 0 aromatic rings. The van der Waals surface area contributed by atoms with Gasteiger partial charge in [0.25, 0.3) is 0 Å². The summed E-state index contributed by atoms with van der Waals surface area (Å²) in [5.41, 5.74) is 0. The number of rotatable bonds is 1. The van der Waals surface area contributed by atoms with Crippen LogP contribution in [0.1, 0.15) is 52.4 Å². The van der Waals surface area contributed by atoms with Gasteiger partial charge in [-0.3, -0.25) is 0 Å². The molecule has 3 nitrogen and oxygen atoms in total. The lowest BCUT2D eigenvalue weighted by molar-refractivity contribution is 0.161. The molecule has 0 aromatic heterocycles. The number of nitrogens with one attached hydrogen (secondary N) is 1. The Labute approximate surface area is 105 Å². The maximum Gasteiger partial charge on any atom is 0.317 e. The molecule has 1 heterocycles. The third-order valence-electron chi connectivity index (χ3n) is 4.21. The van der Waals surface area contributed by atoms with Gasteiger partial charge in [0.05, 0.1) is 0 Å². The Bertz CT molecular complexity index is 267. The number of amides is 2. The van der Waals surface area contributed by atoms with Crippen molar-refractivity contribution in [1.82, 2.24) is 10.2 Å². The normalized spacial score (nSPS) is 34.5. The lowest BCUT2D eigenvalue weighted by Gasteiger charge is -2.34. The zero-order valence-electron chi connectivity index (χ0n) is 11.2. The molecule has 17 heavy (non-hydrogen) atoms. The first kappa shape index (κ1) is 12.7. The second kappa shape index (κ2) is 5.74. The Morgan fingerprint density at radius 1 is 1.12 bits per heavy atom. The summed E-state index contributed by atoms with van der Waals surface area (Å²) < 4.78 is 0. The molecule has 0 aromatic carbocycles. The molecule has 1 saturated heterocycles. The molecule has 0 bridgehead atoms. The van der Waals surface area contributed by atoms with Gasteiger partial charge >= 0.3 is 6.03 Å². The van der Waals surface area contributed by atoms with E-state index < -0.39 is 0 Å². The van der Waals surface area contributed by atoms with Gasteiger partial charge in [0, 0.05) is 19.1 Å². The fourth-order valence-electron chi connectivity index (χ4n) is 3.20. The van der Waals surface area contributed by atoms with Crippen LogP contribution in [0.15, 0.2) is 0 Å². The van der Waals surface area contributed by atoms with E-state index in [9.17, 15) is 4.79 Å². The minimum absolute atomic E-state index is 0.177. The van der Waals surface area contributed by atoms with Crippen molar-refractivity contribution in [2.24, 2.45) is 11.8 Å². The first-order valence-corrected chi connectivity index (χ1v) is 7.20. The van der Waals surface area contributed by atoms with E-state index in [1.807, 2.05) is 4.90 Å². The number of hydrogen-bond donors (Lipinski definition) is 1. The van der Waals surface area contributed by atoms with Gasteiger partial charge in [0.15, 0.2) is 0 Å². The van der Waals surface area contributed by atoms with Gasteiger partial charge in [0.1, 0.15) is 0 Å². The SMILES string of the molecule is CC1CCCC(NC(=O)N2CCCC(C)C2)C1. The van der Waals surface area contributed by atoms with Crippen LogP contribution in [0.4, 0.5) is 4.79 Å². The van der Waals surface area contributed by atoms with E-state index in [1.165, 1.54) is 25.7 Å². The molecule has 2 aliphatic rings. The summed E-state index contributed by atoms with van der Waals surface area (Å²) in [5.74, 6) is 1.44.